The molecular formula is C14H15N. The summed E-state index contributed by atoms with van der Waals surface area (Å²) in [5, 5.41) is 8.88. The Morgan fingerprint density at radius 3 is 2.87 bits per heavy atom. The maximum Gasteiger partial charge on any atom is 0.0628 e. The summed E-state index contributed by atoms with van der Waals surface area (Å²) in [4.78, 5) is 0. The minimum atomic E-state index is 0.390. The van der Waals surface area contributed by atoms with Crippen molar-refractivity contribution in [3.8, 4) is 6.07 Å². The molecule has 2 rings (SSSR count). The van der Waals surface area contributed by atoms with Gasteiger partial charge in [-0.05, 0) is 23.5 Å². The van der Waals surface area contributed by atoms with Crippen molar-refractivity contribution in [1.82, 2.24) is 0 Å². The van der Waals surface area contributed by atoms with Crippen LogP contribution in [0.2, 0.25) is 0 Å². The topological polar surface area (TPSA) is 23.8 Å². The van der Waals surface area contributed by atoms with Crippen LogP contribution in [0.5, 0.6) is 0 Å². The average molecular weight is 197 g/mol. The number of hydrogen-bond acceptors (Lipinski definition) is 1. The van der Waals surface area contributed by atoms with Crippen LogP contribution in [0.15, 0.2) is 30.3 Å². The summed E-state index contributed by atoms with van der Waals surface area (Å²) in [5.74, 6) is 0.917. The van der Waals surface area contributed by atoms with E-state index in [-0.39, 0.29) is 0 Å². The molecule has 0 amide bonds. The van der Waals surface area contributed by atoms with E-state index in [1.54, 1.807) is 0 Å². The van der Waals surface area contributed by atoms with Gasteiger partial charge in [0.15, 0.2) is 0 Å². The van der Waals surface area contributed by atoms with Gasteiger partial charge in [-0.1, -0.05) is 43.3 Å². The Morgan fingerprint density at radius 1 is 1.33 bits per heavy atom. The van der Waals surface area contributed by atoms with E-state index in [4.69, 9.17) is 5.26 Å². The highest BCUT2D eigenvalue weighted by molar-refractivity contribution is 5.58. The van der Waals surface area contributed by atoms with Crippen molar-refractivity contribution >= 4 is 6.08 Å². The SMILES string of the molecule is CC[C@H]1C=Cc2ccccc2[C@@H]1CC#N. The van der Waals surface area contributed by atoms with E-state index < -0.39 is 0 Å². The van der Waals surface area contributed by atoms with Gasteiger partial charge in [-0.25, -0.2) is 0 Å². The highest BCUT2D eigenvalue weighted by atomic mass is 14.3. The van der Waals surface area contributed by atoms with Crippen LogP contribution in [0.25, 0.3) is 6.08 Å². The van der Waals surface area contributed by atoms with Gasteiger partial charge >= 0.3 is 0 Å². The number of fused-ring (bicyclic) bond motifs is 1. The second-order valence-electron chi connectivity index (χ2n) is 4.03. The first-order valence-corrected chi connectivity index (χ1v) is 5.51. The highest BCUT2D eigenvalue weighted by Crippen LogP contribution is 2.37. The molecule has 1 nitrogen and oxygen atoms in total. The van der Waals surface area contributed by atoms with Crippen LogP contribution in [-0.4, -0.2) is 0 Å². The maximum absolute atomic E-state index is 8.88. The smallest absolute Gasteiger partial charge is 0.0628 e. The fourth-order valence-corrected chi connectivity index (χ4v) is 2.37. The molecular weight excluding hydrogens is 182 g/mol. The van der Waals surface area contributed by atoms with Crippen molar-refractivity contribution in [2.24, 2.45) is 5.92 Å². The van der Waals surface area contributed by atoms with Crippen LogP contribution < -0.4 is 0 Å². The summed E-state index contributed by atoms with van der Waals surface area (Å²) in [6, 6.07) is 10.7. The van der Waals surface area contributed by atoms with Gasteiger partial charge in [-0.15, -0.1) is 0 Å². The van der Waals surface area contributed by atoms with Gasteiger partial charge < -0.3 is 0 Å². The van der Waals surface area contributed by atoms with E-state index in [0.29, 0.717) is 18.3 Å². The average Bonchev–Trinajstić information content (AvgIpc) is 2.30. The molecule has 1 heteroatoms. The number of allylic oxidation sites excluding steroid dienone is 1. The van der Waals surface area contributed by atoms with Crippen molar-refractivity contribution < 1.29 is 0 Å². The van der Waals surface area contributed by atoms with E-state index in [1.807, 2.05) is 0 Å². The monoisotopic (exact) mass is 197 g/mol. The number of nitrogens with zero attached hydrogens (tertiary/aromatic N) is 1. The largest absolute Gasteiger partial charge is 0.198 e. The minimum absolute atomic E-state index is 0.390. The fourth-order valence-electron chi connectivity index (χ4n) is 2.37. The molecule has 0 spiro atoms. The zero-order valence-corrected chi connectivity index (χ0v) is 8.98. The Labute approximate surface area is 91.0 Å². The van der Waals surface area contributed by atoms with Crippen LogP contribution in [0, 0.1) is 17.2 Å². The van der Waals surface area contributed by atoms with E-state index in [9.17, 15) is 0 Å². The Balaban J connectivity index is 2.41. The zero-order chi connectivity index (χ0) is 10.7. The second-order valence-corrected chi connectivity index (χ2v) is 4.03. The van der Waals surface area contributed by atoms with Gasteiger partial charge in [0.25, 0.3) is 0 Å². The van der Waals surface area contributed by atoms with Gasteiger partial charge in [0.1, 0.15) is 0 Å². The fraction of sp³-hybridized carbons (Fsp3) is 0.357. The summed E-state index contributed by atoms with van der Waals surface area (Å²) in [6.07, 6.45) is 6.18. The predicted molar refractivity (Wildman–Crippen MR) is 62.2 cm³/mol. The van der Waals surface area contributed by atoms with Crippen LogP contribution in [0.1, 0.15) is 36.8 Å². The third-order valence-corrected chi connectivity index (χ3v) is 3.22. The van der Waals surface area contributed by atoms with Crippen molar-refractivity contribution in [1.29, 1.82) is 5.26 Å². The summed E-state index contributed by atoms with van der Waals surface area (Å²) in [7, 11) is 0. The quantitative estimate of drug-likeness (QED) is 0.708. The van der Waals surface area contributed by atoms with Crippen LogP contribution >= 0.6 is 0 Å². The Hall–Kier alpha value is -1.55. The number of rotatable bonds is 2. The van der Waals surface area contributed by atoms with E-state index in [0.717, 1.165) is 6.42 Å². The minimum Gasteiger partial charge on any atom is -0.198 e. The van der Waals surface area contributed by atoms with Crippen molar-refractivity contribution in [3.63, 3.8) is 0 Å². The van der Waals surface area contributed by atoms with Crippen LogP contribution in [0.3, 0.4) is 0 Å². The van der Waals surface area contributed by atoms with Crippen molar-refractivity contribution in [2.75, 3.05) is 0 Å². The molecule has 0 saturated carbocycles. The summed E-state index contributed by atoms with van der Waals surface area (Å²) in [6.45, 7) is 2.19. The predicted octanol–water partition coefficient (Wildman–Crippen LogP) is 3.74. The van der Waals surface area contributed by atoms with Gasteiger partial charge in [-0.3, -0.25) is 0 Å². The summed E-state index contributed by atoms with van der Waals surface area (Å²) < 4.78 is 0. The maximum atomic E-state index is 8.88. The molecule has 2 atom stereocenters. The molecule has 76 valence electrons. The van der Waals surface area contributed by atoms with Crippen molar-refractivity contribution in [3.05, 3.63) is 41.5 Å². The number of nitriles is 1. The third kappa shape index (κ3) is 1.80. The van der Waals surface area contributed by atoms with E-state index in [2.05, 4.69) is 49.4 Å². The molecule has 0 saturated heterocycles. The van der Waals surface area contributed by atoms with E-state index >= 15 is 0 Å². The first-order chi connectivity index (χ1) is 7.36. The van der Waals surface area contributed by atoms with Crippen molar-refractivity contribution in [2.45, 2.75) is 25.7 Å². The molecule has 0 aliphatic heterocycles. The molecule has 1 aliphatic rings. The Kier molecular flexibility index (Phi) is 2.87. The molecule has 0 unspecified atom stereocenters. The third-order valence-electron chi connectivity index (χ3n) is 3.22. The highest BCUT2D eigenvalue weighted by Gasteiger charge is 2.24. The molecule has 0 N–H and O–H groups in total. The molecule has 0 aromatic heterocycles. The molecule has 1 aliphatic carbocycles. The number of hydrogen-bond donors (Lipinski definition) is 0. The lowest BCUT2D eigenvalue weighted by atomic mass is 9.77. The molecule has 15 heavy (non-hydrogen) atoms. The lowest BCUT2D eigenvalue weighted by Crippen LogP contribution is -2.14. The Bertz CT molecular complexity index is 412. The van der Waals surface area contributed by atoms with Gasteiger partial charge in [0.05, 0.1) is 6.07 Å². The normalized spacial score (nSPS) is 23.2. The van der Waals surface area contributed by atoms with Gasteiger partial charge in [-0.2, -0.15) is 5.26 Å². The lowest BCUT2D eigenvalue weighted by molar-refractivity contribution is 0.495. The van der Waals surface area contributed by atoms with Gasteiger partial charge in [0, 0.05) is 12.3 Å². The number of benzene rings is 1. The summed E-state index contributed by atoms with van der Waals surface area (Å²) >= 11 is 0. The zero-order valence-electron chi connectivity index (χ0n) is 8.98. The molecule has 0 fully saturated rings. The first kappa shape index (κ1) is 9.98. The van der Waals surface area contributed by atoms with Crippen LogP contribution in [0.4, 0.5) is 0 Å². The molecule has 0 bridgehead atoms. The first-order valence-electron chi connectivity index (χ1n) is 5.51. The lowest BCUT2D eigenvalue weighted by Gasteiger charge is -2.27. The molecule has 1 aromatic rings. The Morgan fingerprint density at radius 2 is 2.13 bits per heavy atom. The van der Waals surface area contributed by atoms with Gasteiger partial charge in [0.2, 0.25) is 0 Å². The standard InChI is InChI=1S/C14H15N/c1-2-11-7-8-12-5-3-4-6-13(12)14(11)9-10-15/h3-8,11,14H,2,9H2,1H3/t11-,14+/m0/s1. The molecule has 0 heterocycles. The molecule has 1 aromatic carbocycles. The summed E-state index contributed by atoms with van der Waals surface area (Å²) in [5.41, 5.74) is 2.62. The molecule has 0 radical (unpaired) electrons. The van der Waals surface area contributed by atoms with E-state index in [1.165, 1.54) is 11.1 Å². The van der Waals surface area contributed by atoms with Crippen LogP contribution in [-0.2, 0) is 0 Å². The second kappa shape index (κ2) is 4.31.